The summed E-state index contributed by atoms with van der Waals surface area (Å²) in [5.41, 5.74) is 0.859. The van der Waals surface area contributed by atoms with E-state index in [0.717, 1.165) is 0 Å². The highest BCUT2D eigenvalue weighted by molar-refractivity contribution is 6.32. The van der Waals surface area contributed by atoms with Crippen molar-refractivity contribution in [2.24, 2.45) is 0 Å². The molecule has 0 radical (unpaired) electrons. The number of ether oxygens (including phenoxy) is 3. The third kappa shape index (κ3) is 5.57. The lowest BCUT2D eigenvalue weighted by atomic mass is 10.1. The summed E-state index contributed by atoms with van der Waals surface area (Å²) in [6.07, 6.45) is 1.66. The first kappa shape index (κ1) is 21.4. The molecule has 28 heavy (non-hydrogen) atoms. The summed E-state index contributed by atoms with van der Waals surface area (Å²) in [6, 6.07) is 8.31. The van der Waals surface area contributed by atoms with Crippen LogP contribution in [0, 0.1) is 5.82 Å². The van der Waals surface area contributed by atoms with Crippen molar-refractivity contribution in [2.75, 3.05) is 13.7 Å². The molecule has 0 heterocycles. The van der Waals surface area contributed by atoms with Crippen LogP contribution in [0.3, 0.4) is 0 Å². The van der Waals surface area contributed by atoms with Crippen molar-refractivity contribution in [2.45, 2.75) is 20.0 Å². The van der Waals surface area contributed by atoms with Gasteiger partial charge in [-0.15, -0.1) is 0 Å². The minimum atomic E-state index is -1.01. The fraction of sp³-hybridized carbons (Fsp3) is 0.238. The summed E-state index contributed by atoms with van der Waals surface area (Å²) in [4.78, 5) is 24.3. The zero-order valence-electron chi connectivity index (χ0n) is 15.7. The molecule has 0 N–H and O–H groups in total. The summed E-state index contributed by atoms with van der Waals surface area (Å²) < 4.78 is 28.7. The molecular weight excluding hydrogens is 387 g/mol. The summed E-state index contributed by atoms with van der Waals surface area (Å²) in [5, 5.41) is 0.335. The molecule has 0 aliphatic rings. The SMILES string of the molecule is CCOc1cc(/C=C/C(=O)OC(C)C(=O)c2ccc(F)cc2)cc(Cl)c1OC. The molecule has 2 aromatic rings. The molecule has 0 saturated heterocycles. The highest BCUT2D eigenvalue weighted by Crippen LogP contribution is 2.36. The van der Waals surface area contributed by atoms with Crippen LogP contribution >= 0.6 is 11.6 Å². The Labute approximate surface area is 167 Å². The highest BCUT2D eigenvalue weighted by Gasteiger charge is 2.18. The number of Topliss-reactive ketones (excluding diaryl/α,β-unsaturated/α-hetero) is 1. The summed E-state index contributed by atoms with van der Waals surface area (Å²) >= 11 is 6.16. The molecule has 2 aromatic carbocycles. The monoisotopic (exact) mass is 406 g/mol. The Morgan fingerprint density at radius 3 is 2.50 bits per heavy atom. The first-order valence-electron chi connectivity index (χ1n) is 8.54. The van der Waals surface area contributed by atoms with Crippen LogP contribution in [0.25, 0.3) is 6.08 Å². The van der Waals surface area contributed by atoms with Gasteiger partial charge in [0.1, 0.15) is 5.82 Å². The number of halogens is 2. The average Bonchev–Trinajstić information content (AvgIpc) is 2.66. The van der Waals surface area contributed by atoms with E-state index in [1.807, 2.05) is 6.92 Å². The number of benzene rings is 2. The van der Waals surface area contributed by atoms with Gasteiger partial charge in [-0.05, 0) is 61.9 Å². The van der Waals surface area contributed by atoms with E-state index in [1.54, 1.807) is 12.1 Å². The van der Waals surface area contributed by atoms with Gasteiger partial charge >= 0.3 is 5.97 Å². The van der Waals surface area contributed by atoms with Gasteiger partial charge < -0.3 is 14.2 Å². The maximum absolute atomic E-state index is 12.9. The Kier molecular flexibility index (Phi) is 7.58. The second-order valence-electron chi connectivity index (χ2n) is 5.75. The summed E-state index contributed by atoms with van der Waals surface area (Å²) in [7, 11) is 1.48. The Balaban J connectivity index is 2.06. The quantitative estimate of drug-likeness (QED) is 0.361. The minimum absolute atomic E-state index is 0.258. The van der Waals surface area contributed by atoms with E-state index in [9.17, 15) is 14.0 Å². The van der Waals surface area contributed by atoms with Crippen molar-refractivity contribution in [1.29, 1.82) is 0 Å². The normalized spacial score (nSPS) is 11.9. The van der Waals surface area contributed by atoms with Crippen LogP contribution in [0.5, 0.6) is 11.5 Å². The molecule has 1 unspecified atom stereocenters. The first-order valence-corrected chi connectivity index (χ1v) is 8.92. The van der Waals surface area contributed by atoms with Crippen molar-refractivity contribution in [3.8, 4) is 11.5 Å². The maximum atomic E-state index is 12.9. The van der Waals surface area contributed by atoms with Gasteiger partial charge in [-0.2, -0.15) is 0 Å². The smallest absolute Gasteiger partial charge is 0.331 e. The predicted molar refractivity (Wildman–Crippen MR) is 104 cm³/mol. The van der Waals surface area contributed by atoms with Gasteiger partial charge in [0.2, 0.25) is 5.78 Å². The van der Waals surface area contributed by atoms with Crippen molar-refractivity contribution < 1.29 is 28.2 Å². The van der Waals surface area contributed by atoms with Gasteiger partial charge in [-0.1, -0.05) is 11.6 Å². The maximum Gasteiger partial charge on any atom is 0.331 e. The Bertz CT molecular complexity index is 877. The van der Waals surface area contributed by atoms with Crippen LogP contribution in [0.2, 0.25) is 5.02 Å². The molecule has 0 bridgehead atoms. The predicted octanol–water partition coefficient (Wildman–Crippen LogP) is 4.71. The molecule has 0 aliphatic carbocycles. The van der Waals surface area contributed by atoms with Crippen molar-refractivity contribution >= 4 is 29.4 Å². The highest BCUT2D eigenvalue weighted by atomic mass is 35.5. The lowest BCUT2D eigenvalue weighted by molar-refractivity contribution is -0.140. The molecular formula is C21H20ClFO5. The Morgan fingerprint density at radius 1 is 1.21 bits per heavy atom. The topological polar surface area (TPSA) is 61.8 Å². The molecule has 0 spiro atoms. The molecule has 1 atom stereocenters. The Morgan fingerprint density at radius 2 is 1.89 bits per heavy atom. The van der Waals surface area contributed by atoms with Gasteiger partial charge in [0.15, 0.2) is 17.6 Å². The molecule has 7 heteroatoms. The second kappa shape index (κ2) is 9.90. The summed E-state index contributed by atoms with van der Waals surface area (Å²) in [6.45, 7) is 3.70. The number of esters is 1. The van der Waals surface area contributed by atoms with Gasteiger partial charge in [0, 0.05) is 11.6 Å². The van der Waals surface area contributed by atoms with E-state index in [4.69, 9.17) is 25.8 Å². The molecule has 0 amide bonds. The van der Waals surface area contributed by atoms with Crippen molar-refractivity contribution in [3.05, 3.63) is 64.4 Å². The van der Waals surface area contributed by atoms with Gasteiger partial charge in [0.05, 0.1) is 18.7 Å². The number of methoxy groups -OCH3 is 1. The third-order valence-electron chi connectivity index (χ3n) is 3.74. The molecule has 5 nitrogen and oxygen atoms in total. The molecule has 0 saturated carbocycles. The van der Waals surface area contributed by atoms with E-state index in [0.29, 0.717) is 28.7 Å². The average molecular weight is 407 g/mol. The van der Waals surface area contributed by atoms with Crippen LogP contribution in [-0.2, 0) is 9.53 Å². The molecule has 148 valence electrons. The molecule has 0 fully saturated rings. The number of ketones is 1. The van der Waals surface area contributed by atoms with Crippen LogP contribution < -0.4 is 9.47 Å². The van der Waals surface area contributed by atoms with E-state index >= 15 is 0 Å². The third-order valence-corrected chi connectivity index (χ3v) is 4.02. The van der Waals surface area contributed by atoms with E-state index in [1.165, 1.54) is 50.5 Å². The van der Waals surface area contributed by atoms with Gasteiger partial charge in [-0.25, -0.2) is 9.18 Å². The van der Waals surface area contributed by atoms with E-state index < -0.39 is 23.7 Å². The fourth-order valence-electron chi connectivity index (χ4n) is 2.43. The lowest BCUT2D eigenvalue weighted by Crippen LogP contribution is -2.23. The molecule has 0 aliphatic heterocycles. The number of hydrogen-bond donors (Lipinski definition) is 0. The number of carbonyl (C=O) groups is 2. The standard InChI is InChI=1S/C21H20ClFO5/c1-4-27-18-12-14(11-17(22)21(18)26-3)5-10-19(24)28-13(2)20(25)15-6-8-16(23)9-7-15/h5-13H,4H2,1-3H3/b10-5+. The zero-order chi connectivity index (χ0) is 20.7. The van der Waals surface area contributed by atoms with Crippen molar-refractivity contribution in [1.82, 2.24) is 0 Å². The number of hydrogen-bond acceptors (Lipinski definition) is 5. The minimum Gasteiger partial charge on any atom is -0.491 e. The molecule has 2 rings (SSSR count). The van der Waals surface area contributed by atoms with Gasteiger partial charge in [-0.3, -0.25) is 4.79 Å². The number of carbonyl (C=O) groups excluding carboxylic acids is 2. The fourth-order valence-corrected chi connectivity index (χ4v) is 2.72. The first-order chi connectivity index (χ1) is 13.3. The second-order valence-corrected chi connectivity index (χ2v) is 6.16. The largest absolute Gasteiger partial charge is 0.491 e. The van der Waals surface area contributed by atoms with Gasteiger partial charge in [0.25, 0.3) is 0 Å². The number of rotatable bonds is 8. The van der Waals surface area contributed by atoms with E-state index in [2.05, 4.69) is 0 Å². The van der Waals surface area contributed by atoms with Crippen LogP contribution in [-0.4, -0.2) is 31.6 Å². The lowest BCUT2D eigenvalue weighted by Gasteiger charge is -2.12. The molecule has 0 aromatic heterocycles. The Hall–Kier alpha value is -2.86. The zero-order valence-corrected chi connectivity index (χ0v) is 16.5. The van der Waals surface area contributed by atoms with Crippen LogP contribution in [0.15, 0.2) is 42.5 Å². The van der Waals surface area contributed by atoms with Crippen LogP contribution in [0.4, 0.5) is 4.39 Å². The summed E-state index contributed by atoms with van der Waals surface area (Å²) in [5.74, 6) is -0.721. The van der Waals surface area contributed by atoms with Crippen molar-refractivity contribution in [3.63, 3.8) is 0 Å². The van der Waals surface area contributed by atoms with Crippen LogP contribution in [0.1, 0.15) is 29.8 Å². The van der Waals surface area contributed by atoms with E-state index in [-0.39, 0.29) is 5.56 Å².